The zero-order chi connectivity index (χ0) is 23.3. The zero-order valence-corrected chi connectivity index (χ0v) is 20.5. The molecule has 1 aromatic heterocycles. The van der Waals surface area contributed by atoms with Crippen LogP contribution in [0.3, 0.4) is 0 Å². The topological polar surface area (TPSA) is 34.9 Å². The highest BCUT2D eigenvalue weighted by molar-refractivity contribution is 5.70. The van der Waals surface area contributed by atoms with Gasteiger partial charge in [0.15, 0.2) is 0 Å². The molecule has 1 aromatic carbocycles. The number of carbonyl (C=O) groups excluding carboxylic acids is 1. The number of aromatic nitrogens is 2. The number of hydrogen-bond acceptors (Lipinski definition) is 2. The average molecular weight is 409 g/mol. The Hall–Kier alpha value is -2.64. The van der Waals surface area contributed by atoms with E-state index in [1.165, 1.54) is 18.4 Å². The van der Waals surface area contributed by atoms with Crippen LogP contribution in [0.5, 0.6) is 0 Å². The molecule has 0 amide bonds. The molecule has 0 saturated heterocycles. The van der Waals surface area contributed by atoms with Gasteiger partial charge in [0.2, 0.25) is 0 Å². The standard InChI is InChI=1S/C21H24N2O.2C3H8/c1-14(2)11-17(5)21-22-20(18-9-7-15(3)8-10-18)19(23(21)6)12-16(4)13-24;2*1-3-2/h7-11H,1,12H2,2-6H3;2*3H2,1-2H3/b17-11-;;. The van der Waals surface area contributed by atoms with Crippen LogP contribution in [0.1, 0.15) is 78.4 Å². The van der Waals surface area contributed by atoms with Gasteiger partial charge in [-0.15, -0.1) is 0 Å². The molecule has 30 heavy (non-hydrogen) atoms. The first kappa shape index (κ1) is 27.4. The Kier molecular flexibility index (Phi) is 13.1. The van der Waals surface area contributed by atoms with Crippen molar-refractivity contribution in [3.05, 3.63) is 65.1 Å². The predicted molar refractivity (Wildman–Crippen MR) is 132 cm³/mol. The molecular weight excluding hydrogens is 368 g/mol. The van der Waals surface area contributed by atoms with Crippen molar-refractivity contribution in [1.29, 1.82) is 0 Å². The van der Waals surface area contributed by atoms with Crippen LogP contribution in [0.4, 0.5) is 0 Å². The predicted octanol–water partition coefficient (Wildman–Crippen LogP) is 7.53. The van der Waals surface area contributed by atoms with Crippen molar-refractivity contribution in [2.45, 2.75) is 74.7 Å². The molecule has 0 unspecified atom stereocenters. The summed E-state index contributed by atoms with van der Waals surface area (Å²) in [6, 6.07) is 8.30. The van der Waals surface area contributed by atoms with Gasteiger partial charge in [-0.25, -0.2) is 9.78 Å². The third-order valence-corrected chi connectivity index (χ3v) is 3.96. The lowest BCUT2D eigenvalue weighted by atomic mass is 10.0. The van der Waals surface area contributed by atoms with Crippen molar-refractivity contribution in [1.82, 2.24) is 9.55 Å². The number of allylic oxidation sites excluding steroid dienone is 4. The molecule has 3 heteroatoms. The van der Waals surface area contributed by atoms with Gasteiger partial charge in [0.05, 0.1) is 11.4 Å². The summed E-state index contributed by atoms with van der Waals surface area (Å²) >= 11 is 0. The molecule has 0 aliphatic carbocycles. The Bertz CT molecular complexity index is 874. The van der Waals surface area contributed by atoms with E-state index in [0.29, 0.717) is 12.0 Å². The number of benzene rings is 1. The summed E-state index contributed by atoms with van der Waals surface area (Å²) in [5, 5.41) is 0. The smallest absolute Gasteiger partial charge is 0.136 e. The highest BCUT2D eigenvalue weighted by atomic mass is 16.1. The average Bonchev–Trinajstić information content (AvgIpc) is 2.99. The highest BCUT2D eigenvalue weighted by Crippen LogP contribution is 2.28. The molecule has 0 atom stereocenters. The van der Waals surface area contributed by atoms with Crippen LogP contribution in [0.15, 0.2) is 48.1 Å². The largest absolute Gasteiger partial charge is 0.330 e. The number of imidazole rings is 1. The third-order valence-electron chi connectivity index (χ3n) is 3.96. The lowest BCUT2D eigenvalue weighted by molar-refractivity contribution is 0.566. The van der Waals surface area contributed by atoms with E-state index in [4.69, 9.17) is 4.98 Å². The van der Waals surface area contributed by atoms with Crippen molar-refractivity contribution in [3.63, 3.8) is 0 Å². The van der Waals surface area contributed by atoms with Crippen LogP contribution in [-0.2, 0) is 18.3 Å². The van der Waals surface area contributed by atoms with Crippen molar-refractivity contribution in [2.75, 3.05) is 0 Å². The van der Waals surface area contributed by atoms with Gasteiger partial charge in [-0.2, -0.15) is 0 Å². The molecule has 3 nitrogen and oxygen atoms in total. The molecule has 164 valence electrons. The van der Waals surface area contributed by atoms with Gasteiger partial charge in [-0.05, 0) is 33.3 Å². The lowest BCUT2D eigenvalue weighted by Crippen LogP contribution is -2.02. The Morgan fingerprint density at radius 1 is 1.07 bits per heavy atom. The van der Waals surface area contributed by atoms with Gasteiger partial charge in [-0.3, -0.25) is 0 Å². The molecule has 0 bridgehead atoms. The Labute approximate surface area is 184 Å². The monoisotopic (exact) mass is 408 g/mol. The Morgan fingerprint density at radius 2 is 1.57 bits per heavy atom. The van der Waals surface area contributed by atoms with E-state index < -0.39 is 0 Å². The summed E-state index contributed by atoms with van der Waals surface area (Å²) < 4.78 is 2.06. The molecule has 0 aliphatic rings. The van der Waals surface area contributed by atoms with E-state index in [9.17, 15) is 4.79 Å². The van der Waals surface area contributed by atoms with E-state index >= 15 is 0 Å². The summed E-state index contributed by atoms with van der Waals surface area (Å²) in [5.41, 5.74) is 6.90. The fourth-order valence-corrected chi connectivity index (χ4v) is 2.75. The maximum atomic E-state index is 11.0. The SMILES string of the molecule is C=C(C)/C=C(/C)c1nc(-c2ccc(C)cc2)c(CC(C)=C=O)n1C.CCC.CCC. The van der Waals surface area contributed by atoms with Crippen molar-refractivity contribution in [3.8, 4) is 11.3 Å². The van der Waals surface area contributed by atoms with Gasteiger partial charge >= 0.3 is 0 Å². The molecule has 0 saturated carbocycles. The molecule has 0 aliphatic heterocycles. The van der Waals surface area contributed by atoms with Crippen molar-refractivity contribution >= 4 is 11.5 Å². The summed E-state index contributed by atoms with van der Waals surface area (Å²) in [5.74, 6) is 2.89. The van der Waals surface area contributed by atoms with E-state index in [1.54, 1.807) is 6.92 Å². The molecule has 0 N–H and O–H groups in total. The van der Waals surface area contributed by atoms with E-state index in [1.807, 2.05) is 32.9 Å². The normalized spacial score (nSPS) is 10.2. The number of rotatable bonds is 5. The van der Waals surface area contributed by atoms with E-state index in [0.717, 1.165) is 33.9 Å². The first-order valence-corrected chi connectivity index (χ1v) is 10.8. The quantitative estimate of drug-likeness (QED) is 0.378. The first-order chi connectivity index (χ1) is 14.2. The fraction of sp³-hybridized carbons (Fsp3) is 0.444. The van der Waals surface area contributed by atoms with Crippen LogP contribution in [0.2, 0.25) is 0 Å². The van der Waals surface area contributed by atoms with Gasteiger partial charge in [0, 0.05) is 24.6 Å². The van der Waals surface area contributed by atoms with Crippen LogP contribution in [-0.4, -0.2) is 15.5 Å². The second kappa shape index (κ2) is 14.4. The van der Waals surface area contributed by atoms with E-state index in [-0.39, 0.29) is 0 Å². The minimum atomic E-state index is 0.538. The molecule has 1 heterocycles. The van der Waals surface area contributed by atoms with Gasteiger partial charge in [-0.1, -0.05) is 88.6 Å². The van der Waals surface area contributed by atoms with Crippen LogP contribution in [0.25, 0.3) is 16.8 Å². The molecule has 0 spiro atoms. The second-order valence-corrected chi connectivity index (χ2v) is 7.80. The van der Waals surface area contributed by atoms with Crippen molar-refractivity contribution in [2.24, 2.45) is 7.05 Å². The number of nitrogens with zero attached hydrogens (tertiary/aromatic N) is 2. The maximum Gasteiger partial charge on any atom is 0.136 e. The van der Waals surface area contributed by atoms with Gasteiger partial charge < -0.3 is 4.57 Å². The van der Waals surface area contributed by atoms with Crippen LogP contribution >= 0.6 is 0 Å². The van der Waals surface area contributed by atoms with Crippen LogP contribution in [0, 0.1) is 6.92 Å². The molecular formula is C27H40N2O. The Balaban J connectivity index is 0.00000125. The summed E-state index contributed by atoms with van der Waals surface area (Å²) in [4.78, 5) is 15.8. The molecule has 0 radical (unpaired) electrons. The highest BCUT2D eigenvalue weighted by Gasteiger charge is 2.17. The summed E-state index contributed by atoms with van der Waals surface area (Å²) in [6.07, 6.45) is 5.06. The van der Waals surface area contributed by atoms with E-state index in [2.05, 4.69) is 70.0 Å². The maximum absolute atomic E-state index is 11.0. The fourth-order valence-electron chi connectivity index (χ4n) is 2.75. The molecule has 2 rings (SSSR count). The summed E-state index contributed by atoms with van der Waals surface area (Å²) in [7, 11) is 1.99. The Morgan fingerprint density at radius 3 is 2.00 bits per heavy atom. The zero-order valence-electron chi connectivity index (χ0n) is 20.5. The van der Waals surface area contributed by atoms with Gasteiger partial charge in [0.25, 0.3) is 0 Å². The minimum Gasteiger partial charge on any atom is -0.330 e. The molecule has 0 fully saturated rings. The number of hydrogen-bond donors (Lipinski definition) is 0. The van der Waals surface area contributed by atoms with Crippen molar-refractivity contribution < 1.29 is 4.79 Å². The lowest BCUT2D eigenvalue weighted by Gasteiger charge is -2.07. The first-order valence-electron chi connectivity index (χ1n) is 10.8. The van der Waals surface area contributed by atoms with Gasteiger partial charge in [0.1, 0.15) is 11.8 Å². The van der Waals surface area contributed by atoms with Crippen LogP contribution < -0.4 is 0 Å². The molecule has 2 aromatic rings. The minimum absolute atomic E-state index is 0.538. The third kappa shape index (κ3) is 8.80. The summed E-state index contributed by atoms with van der Waals surface area (Å²) in [6.45, 7) is 20.3. The second-order valence-electron chi connectivity index (χ2n) is 7.80. The number of aryl methyl sites for hydroxylation is 1.